The van der Waals surface area contributed by atoms with Crippen molar-refractivity contribution in [2.24, 2.45) is 0 Å². The van der Waals surface area contributed by atoms with Gasteiger partial charge >= 0.3 is 0 Å². The molecule has 128 valence electrons. The SMILES string of the molecule is Cc1ccc(-c2nnc(SC(C)C(=O)c3cccc(Cl)c3)o2)cc1C. The summed E-state index contributed by atoms with van der Waals surface area (Å²) in [5.74, 6) is 0.423. The average Bonchev–Trinajstić information content (AvgIpc) is 3.05. The second kappa shape index (κ2) is 7.42. The van der Waals surface area contributed by atoms with Crippen LogP contribution in [0.4, 0.5) is 0 Å². The van der Waals surface area contributed by atoms with Crippen molar-refractivity contribution in [1.29, 1.82) is 0 Å². The van der Waals surface area contributed by atoms with Gasteiger partial charge in [-0.05, 0) is 56.2 Å². The molecule has 0 radical (unpaired) electrons. The Morgan fingerprint density at radius 3 is 2.64 bits per heavy atom. The number of thioether (sulfide) groups is 1. The largest absolute Gasteiger partial charge is 0.411 e. The summed E-state index contributed by atoms with van der Waals surface area (Å²) in [5.41, 5.74) is 3.81. The number of nitrogens with zero attached hydrogens (tertiary/aromatic N) is 2. The summed E-state index contributed by atoms with van der Waals surface area (Å²) in [6, 6.07) is 12.9. The number of hydrogen-bond acceptors (Lipinski definition) is 5. The topological polar surface area (TPSA) is 56.0 Å². The molecule has 0 bridgehead atoms. The number of rotatable bonds is 5. The Labute approximate surface area is 155 Å². The van der Waals surface area contributed by atoms with Crippen LogP contribution in [-0.2, 0) is 0 Å². The normalized spacial score (nSPS) is 12.2. The minimum absolute atomic E-state index is 0.0292. The van der Waals surface area contributed by atoms with Gasteiger partial charge in [0.15, 0.2) is 5.78 Å². The van der Waals surface area contributed by atoms with Crippen LogP contribution in [-0.4, -0.2) is 21.2 Å². The first kappa shape index (κ1) is 17.7. The van der Waals surface area contributed by atoms with E-state index in [1.54, 1.807) is 24.3 Å². The van der Waals surface area contributed by atoms with E-state index in [4.69, 9.17) is 16.0 Å². The maximum absolute atomic E-state index is 12.5. The third kappa shape index (κ3) is 4.11. The van der Waals surface area contributed by atoms with Gasteiger partial charge in [-0.3, -0.25) is 4.79 Å². The molecular weight excluding hydrogens is 356 g/mol. The Balaban J connectivity index is 1.74. The van der Waals surface area contributed by atoms with Crippen LogP contribution in [0.3, 0.4) is 0 Å². The summed E-state index contributed by atoms with van der Waals surface area (Å²) < 4.78 is 5.71. The lowest BCUT2D eigenvalue weighted by Crippen LogP contribution is -2.13. The molecule has 3 aromatic rings. The molecule has 0 amide bonds. The third-order valence-corrected chi connectivity index (χ3v) is 5.09. The van der Waals surface area contributed by atoms with E-state index in [2.05, 4.69) is 17.1 Å². The fraction of sp³-hybridized carbons (Fsp3) is 0.211. The number of ketones is 1. The van der Waals surface area contributed by atoms with Crippen LogP contribution in [0.2, 0.25) is 5.02 Å². The van der Waals surface area contributed by atoms with Gasteiger partial charge in [0.05, 0.1) is 5.25 Å². The number of benzene rings is 2. The smallest absolute Gasteiger partial charge is 0.277 e. The van der Waals surface area contributed by atoms with Crippen molar-refractivity contribution < 1.29 is 9.21 Å². The molecule has 4 nitrogen and oxygen atoms in total. The number of carbonyl (C=O) groups is 1. The molecule has 25 heavy (non-hydrogen) atoms. The molecule has 1 unspecified atom stereocenters. The van der Waals surface area contributed by atoms with Crippen molar-refractivity contribution >= 4 is 29.1 Å². The van der Waals surface area contributed by atoms with Crippen molar-refractivity contribution in [2.75, 3.05) is 0 Å². The lowest BCUT2D eigenvalue weighted by Gasteiger charge is -2.07. The van der Waals surface area contributed by atoms with Crippen LogP contribution in [0.1, 0.15) is 28.4 Å². The molecule has 6 heteroatoms. The Hall–Kier alpha value is -2.11. The number of aryl methyl sites for hydroxylation is 2. The highest BCUT2D eigenvalue weighted by Gasteiger charge is 2.20. The highest BCUT2D eigenvalue weighted by molar-refractivity contribution is 8.00. The molecule has 1 aromatic heterocycles. The first-order valence-corrected chi connectivity index (χ1v) is 9.07. The molecule has 3 rings (SSSR count). The minimum Gasteiger partial charge on any atom is -0.411 e. The van der Waals surface area contributed by atoms with Gasteiger partial charge in [0.1, 0.15) is 0 Å². The van der Waals surface area contributed by atoms with Crippen LogP contribution in [0.15, 0.2) is 52.1 Å². The van der Waals surface area contributed by atoms with Crippen molar-refractivity contribution in [3.63, 3.8) is 0 Å². The fourth-order valence-corrected chi connectivity index (χ4v) is 3.28. The molecule has 0 spiro atoms. The van der Waals surface area contributed by atoms with Crippen LogP contribution in [0, 0.1) is 13.8 Å². The van der Waals surface area contributed by atoms with Gasteiger partial charge in [-0.15, -0.1) is 10.2 Å². The fourth-order valence-electron chi connectivity index (χ4n) is 2.33. The van der Waals surface area contributed by atoms with Crippen LogP contribution in [0.5, 0.6) is 0 Å². The van der Waals surface area contributed by atoms with Crippen molar-refractivity contribution in [3.05, 3.63) is 64.2 Å². The lowest BCUT2D eigenvalue weighted by atomic mass is 10.1. The van der Waals surface area contributed by atoms with E-state index in [9.17, 15) is 4.79 Å². The van der Waals surface area contributed by atoms with Crippen molar-refractivity contribution in [2.45, 2.75) is 31.2 Å². The predicted molar refractivity (Wildman–Crippen MR) is 100 cm³/mol. The summed E-state index contributed by atoms with van der Waals surface area (Å²) in [6.07, 6.45) is 0. The molecule has 0 N–H and O–H groups in total. The van der Waals surface area contributed by atoms with Crippen molar-refractivity contribution in [3.8, 4) is 11.5 Å². The maximum Gasteiger partial charge on any atom is 0.277 e. The van der Waals surface area contributed by atoms with Crippen molar-refractivity contribution in [1.82, 2.24) is 10.2 Å². The average molecular weight is 373 g/mol. The second-order valence-corrected chi connectivity index (χ2v) is 7.54. The van der Waals surface area contributed by atoms with E-state index >= 15 is 0 Å². The summed E-state index contributed by atoms with van der Waals surface area (Å²) in [6.45, 7) is 5.90. The van der Waals surface area contributed by atoms with E-state index in [0.717, 1.165) is 11.1 Å². The number of carbonyl (C=O) groups excluding carboxylic acids is 1. The van der Waals surface area contributed by atoms with Gasteiger partial charge in [0.25, 0.3) is 5.22 Å². The van der Waals surface area contributed by atoms with Crippen LogP contribution < -0.4 is 0 Å². The maximum atomic E-state index is 12.5. The van der Waals surface area contributed by atoms with Gasteiger partial charge in [0.2, 0.25) is 5.89 Å². The van der Waals surface area contributed by atoms with E-state index in [1.165, 1.54) is 17.3 Å². The second-order valence-electron chi connectivity index (χ2n) is 5.81. The zero-order valence-corrected chi connectivity index (χ0v) is 15.7. The molecule has 0 saturated carbocycles. The third-order valence-electron chi connectivity index (χ3n) is 3.92. The Morgan fingerprint density at radius 1 is 1.12 bits per heavy atom. The van der Waals surface area contributed by atoms with Crippen LogP contribution in [0.25, 0.3) is 11.5 Å². The van der Waals surface area contributed by atoms with E-state index in [-0.39, 0.29) is 11.0 Å². The first-order valence-electron chi connectivity index (χ1n) is 7.81. The summed E-state index contributed by atoms with van der Waals surface area (Å²) in [5, 5.41) is 8.69. The summed E-state index contributed by atoms with van der Waals surface area (Å²) in [7, 11) is 0. The highest BCUT2D eigenvalue weighted by Crippen LogP contribution is 2.28. The summed E-state index contributed by atoms with van der Waals surface area (Å²) >= 11 is 7.19. The van der Waals surface area contributed by atoms with Gasteiger partial charge in [0, 0.05) is 16.1 Å². The molecule has 0 aliphatic rings. The number of halogens is 1. The van der Waals surface area contributed by atoms with E-state index < -0.39 is 0 Å². The molecular formula is C19H17ClN2O2S. The van der Waals surface area contributed by atoms with E-state index in [0.29, 0.717) is 21.7 Å². The quantitative estimate of drug-likeness (QED) is 0.445. The Bertz CT molecular complexity index is 923. The Kier molecular flexibility index (Phi) is 5.25. The first-order chi connectivity index (χ1) is 11.9. The molecule has 0 aliphatic heterocycles. The van der Waals surface area contributed by atoms with Crippen LogP contribution >= 0.6 is 23.4 Å². The molecule has 2 aromatic carbocycles. The highest BCUT2D eigenvalue weighted by atomic mass is 35.5. The zero-order chi connectivity index (χ0) is 18.0. The molecule has 0 saturated heterocycles. The molecule has 0 aliphatic carbocycles. The van der Waals surface area contributed by atoms with Gasteiger partial charge in [-0.2, -0.15) is 0 Å². The molecule has 1 atom stereocenters. The van der Waals surface area contributed by atoms with Gasteiger partial charge in [-0.25, -0.2) is 0 Å². The minimum atomic E-state index is -0.355. The van der Waals surface area contributed by atoms with Gasteiger partial charge < -0.3 is 4.42 Å². The van der Waals surface area contributed by atoms with Gasteiger partial charge in [-0.1, -0.05) is 41.6 Å². The number of Topliss-reactive ketones (excluding diaryl/α,β-unsaturated/α-hetero) is 1. The van der Waals surface area contributed by atoms with E-state index in [1.807, 2.05) is 32.0 Å². The monoisotopic (exact) mass is 372 g/mol. The lowest BCUT2D eigenvalue weighted by molar-refractivity contribution is 0.0993. The molecule has 0 fully saturated rings. The summed E-state index contributed by atoms with van der Waals surface area (Å²) in [4.78, 5) is 12.5. The standard InChI is InChI=1S/C19H17ClN2O2S/c1-11-7-8-15(9-12(11)2)18-21-22-19(24-18)25-13(3)17(23)14-5-4-6-16(20)10-14/h4-10,13H,1-3H3. The predicted octanol–water partition coefficient (Wildman–Crippen LogP) is 5.37. The molecule has 1 heterocycles. The number of aromatic nitrogens is 2. The number of hydrogen-bond donors (Lipinski definition) is 0. The Morgan fingerprint density at radius 2 is 1.92 bits per heavy atom. The zero-order valence-electron chi connectivity index (χ0n) is 14.1.